The van der Waals surface area contributed by atoms with Crippen LogP contribution in [-0.4, -0.2) is 0 Å². The molecular formula is C19H18FN. The zero-order valence-electron chi connectivity index (χ0n) is 12.0. The van der Waals surface area contributed by atoms with Crippen LogP contribution in [0.2, 0.25) is 0 Å². The van der Waals surface area contributed by atoms with Crippen LogP contribution in [0, 0.1) is 5.82 Å². The molecule has 2 heteroatoms. The van der Waals surface area contributed by atoms with E-state index in [1.54, 1.807) is 6.07 Å². The van der Waals surface area contributed by atoms with Gasteiger partial charge in [-0.25, -0.2) is 4.39 Å². The van der Waals surface area contributed by atoms with Crippen LogP contribution in [0.4, 0.5) is 4.39 Å². The molecule has 0 aromatic heterocycles. The number of halogens is 1. The summed E-state index contributed by atoms with van der Waals surface area (Å²) in [5.41, 5.74) is 1.91. The van der Waals surface area contributed by atoms with Crippen LogP contribution in [0.15, 0.2) is 66.7 Å². The normalized spacial score (nSPS) is 12.5. The number of benzene rings is 3. The van der Waals surface area contributed by atoms with Crippen molar-refractivity contribution in [1.82, 2.24) is 5.32 Å². The zero-order chi connectivity index (χ0) is 14.7. The molecule has 21 heavy (non-hydrogen) atoms. The topological polar surface area (TPSA) is 12.0 Å². The number of hydrogen-bond donors (Lipinski definition) is 1. The van der Waals surface area contributed by atoms with Crippen LogP contribution in [0.1, 0.15) is 24.1 Å². The third-order valence-corrected chi connectivity index (χ3v) is 3.80. The number of nitrogens with one attached hydrogen (secondary N) is 1. The van der Waals surface area contributed by atoms with E-state index in [-0.39, 0.29) is 11.9 Å². The van der Waals surface area contributed by atoms with E-state index in [1.807, 2.05) is 31.2 Å². The van der Waals surface area contributed by atoms with Gasteiger partial charge in [-0.05, 0) is 35.4 Å². The van der Waals surface area contributed by atoms with Gasteiger partial charge in [-0.15, -0.1) is 0 Å². The van der Waals surface area contributed by atoms with Gasteiger partial charge in [-0.1, -0.05) is 54.6 Å². The van der Waals surface area contributed by atoms with E-state index in [2.05, 4.69) is 35.6 Å². The van der Waals surface area contributed by atoms with Gasteiger partial charge in [0.25, 0.3) is 0 Å². The maximum atomic E-state index is 13.7. The van der Waals surface area contributed by atoms with Crippen LogP contribution < -0.4 is 5.32 Å². The Labute approximate surface area is 124 Å². The fourth-order valence-electron chi connectivity index (χ4n) is 2.56. The largest absolute Gasteiger partial charge is 0.306 e. The van der Waals surface area contributed by atoms with Crippen molar-refractivity contribution < 1.29 is 4.39 Å². The lowest BCUT2D eigenvalue weighted by atomic mass is 10.1. The first-order valence-corrected chi connectivity index (χ1v) is 7.19. The molecule has 0 fully saturated rings. The van der Waals surface area contributed by atoms with Crippen molar-refractivity contribution in [1.29, 1.82) is 0 Å². The lowest BCUT2D eigenvalue weighted by molar-refractivity contribution is 0.528. The summed E-state index contributed by atoms with van der Waals surface area (Å²) >= 11 is 0. The van der Waals surface area contributed by atoms with E-state index in [0.29, 0.717) is 5.56 Å². The molecule has 106 valence electrons. The highest BCUT2D eigenvalue weighted by Gasteiger charge is 2.09. The van der Waals surface area contributed by atoms with Gasteiger partial charge in [-0.2, -0.15) is 0 Å². The highest BCUT2D eigenvalue weighted by Crippen LogP contribution is 2.18. The first kappa shape index (κ1) is 13.8. The Kier molecular flexibility index (Phi) is 3.98. The van der Waals surface area contributed by atoms with Crippen LogP contribution >= 0.6 is 0 Å². The molecule has 0 bridgehead atoms. The highest BCUT2D eigenvalue weighted by molar-refractivity contribution is 5.82. The van der Waals surface area contributed by atoms with Crippen molar-refractivity contribution in [3.63, 3.8) is 0 Å². The second-order valence-corrected chi connectivity index (χ2v) is 5.31. The summed E-state index contributed by atoms with van der Waals surface area (Å²) in [4.78, 5) is 0. The Morgan fingerprint density at radius 2 is 1.62 bits per heavy atom. The van der Waals surface area contributed by atoms with Gasteiger partial charge in [0.05, 0.1) is 0 Å². The van der Waals surface area contributed by atoms with Gasteiger partial charge in [0, 0.05) is 18.2 Å². The quantitative estimate of drug-likeness (QED) is 0.721. The van der Waals surface area contributed by atoms with Crippen LogP contribution in [0.3, 0.4) is 0 Å². The predicted molar refractivity (Wildman–Crippen MR) is 85.6 cm³/mol. The third kappa shape index (κ3) is 3.11. The maximum absolute atomic E-state index is 13.7. The van der Waals surface area contributed by atoms with E-state index in [1.165, 1.54) is 22.4 Å². The van der Waals surface area contributed by atoms with E-state index < -0.39 is 0 Å². The average Bonchev–Trinajstić information content (AvgIpc) is 2.53. The highest BCUT2D eigenvalue weighted by atomic mass is 19.1. The molecule has 3 rings (SSSR count). The Hall–Kier alpha value is -2.19. The van der Waals surface area contributed by atoms with E-state index in [4.69, 9.17) is 0 Å². The van der Waals surface area contributed by atoms with Crippen LogP contribution in [0.5, 0.6) is 0 Å². The third-order valence-electron chi connectivity index (χ3n) is 3.80. The van der Waals surface area contributed by atoms with Crippen LogP contribution in [-0.2, 0) is 6.54 Å². The van der Waals surface area contributed by atoms with Gasteiger partial charge >= 0.3 is 0 Å². The molecule has 0 aliphatic heterocycles. The van der Waals surface area contributed by atoms with Gasteiger partial charge in [0.15, 0.2) is 0 Å². The smallest absolute Gasteiger partial charge is 0.127 e. The summed E-state index contributed by atoms with van der Waals surface area (Å²) in [7, 11) is 0. The lowest BCUT2D eigenvalue weighted by Crippen LogP contribution is -2.19. The zero-order valence-corrected chi connectivity index (χ0v) is 12.0. The minimum atomic E-state index is -0.156. The molecule has 0 amide bonds. The Morgan fingerprint density at radius 3 is 2.43 bits per heavy atom. The molecule has 1 nitrogen and oxygen atoms in total. The molecule has 0 saturated carbocycles. The predicted octanol–water partition coefficient (Wildman–Crippen LogP) is 4.83. The molecule has 1 N–H and O–H groups in total. The molecule has 0 heterocycles. The Bertz CT molecular complexity index is 751. The molecule has 0 saturated heterocycles. The molecule has 0 aliphatic carbocycles. The molecule has 3 aromatic carbocycles. The van der Waals surface area contributed by atoms with Crippen molar-refractivity contribution in [2.45, 2.75) is 19.5 Å². The molecule has 0 radical (unpaired) electrons. The molecule has 0 spiro atoms. The first-order chi connectivity index (χ1) is 10.2. The van der Waals surface area contributed by atoms with Crippen LogP contribution in [0.25, 0.3) is 10.8 Å². The molecular weight excluding hydrogens is 261 g/mol. The average molecular weight is 279 g/mol. The van der Waals surface area contributed by atoms with Gasteiger partial charge in [-0.3, -0.25) is 0 Å². The van der Waals surface area contributed by atoms with Crippen molar-refractivity contribution in [2.75, 3.05) is 0 Å². The minimum Gasteiger partial charge on any atom is -0.306 e. The fraction of sp³-hybridized carbons (Fsp3) is 0.158. The molecule has 3 aromatic rings. The molecule has 1 unspecified atom stereocenters. The summed E-state index contributed by atoms with van der Waals surface area (Å²) in [5.74, 6) is -0.156. The lowest BCUT2D eigenvalue weighted by Gasteiger charge is -2.15. The van der Waals surface area contributed by atoms with E-state index in [0.717, 1.165) is 6.54 Å². The van der Waals surface area contributed by atoms with Crippen molar-refractivity contribution >= 4 is 10.8 Å². The Balaban J connectivity index is 1.73. The van der Waals surface area contributed by atoms with E-state index >= 15 is 0 Å². The van der Waals surface area contributed by atoms with Crippen molar-refractivity contribution in [3.8, 4) is 0 Å². The molecule has 1 atom stereocenters. The monoisotopic (exact) mass is 279 g/mol. The van der Waals surface area contributed by atoms with Gasteiger partial charge in [0.1, 0.15) is 5.82 Å². The second-order valence-electron chi connectivity index (χ2n) is 5.31. The van der Waals surface area contributed by atoms with Crippen molar-refractivity contribution in [3.05, 3.63) is 83.7 Å². The summed E-state index contributed by atoms with van der Waals surface area (Å²) in [5, 5.41) is 5.85. The number of fused-ring (bicyclic) bond motifs is 1. The SMILES string of the molecule is CC(NCc1ccc2ccccc2c1)c1ccccc1F. The minimum absolute atomic E-state index is 0.0160. The standard InChI is InChI=1S/C19H18FN/c1-14(18-8-4-5-9-19(18)20)21-13-15-10-11-16-6-2-3-7-17(16)12-15/h2-12,14,21H,13H2,1H3. The summed E-state index contributed by atoms with van der Waals surface area (Å²) in [6.07, 6.45) is 0. The molecule has 0 aliphatic rings. The number of hydrogen-bond acceptors (Lipinski definition) is 1. The van der Waals surface area contributed by atoms with Crippen molar-refractivity contribution in [2.24, 2.45) is 0 Å². The first-order valence-electron chi connectivity index (χ1n) is 7.19. The summed E-state index contributed by atoms with van der Waals surface area (Å²) in [6, 6.07) is 21.6. The number of rotatable bonds is 4. The van der Waals surface area contributed by atoms with Gasteiger partial charge in [0.2, 0.25) is 0 Å². The second kappa shape index (κ2) is 6.06. The maximum Gasteiger partial charge on any atom is 0.127 e. The summed E-state index contributed by atoms with van der Waals surface area (Å²) < 4.78 is 13.7. The summed E-state index contributed by atoms with van der Waals surface area (Å²) in [6.45, 7) is 2.71. The van der Waals surface area contributed by atoms with Gasteiger partial charge < -0.3 is 5.32 Å². The van der Waals surface area contributed by atoms with E-state index in [9.17, 15) is 4.39 Å². The Morgan fingerprint density at radius 1 is 0.905 bits per heavy atom. The fourth-order valence-corrected chi connectivity index (χ4v) is 2.56.